The van der Waals surface area contributed by atoms with Gasteiger partial charge in [-0.05, 0) is 12.1 Å². The maximum absolute atomic E-state index is 12.2. The number of nitrogens with one attached hydrogen (secondary N) is 2. The molecule has 0 unspecified atom stereocenters. The van der Waals surface area contributed by atoms with Gasteiger partial charge in [0.25, 0.3) is 0 Å². The number of nitrogen functional groups attached to an aromatic ring is 1. The zero-order valence-corrected chi connectivity index (χ0v) is 13.7. The summed E-state index contributed by atoms with van der Waals surface area (Å²) < 4.78 is 27.4. The van der Waals surface area contributed by atoms with Crippen molar-refractivity contribution in [2.45, 2.75) is 11.4 Å². The molecule has 0 bridgehead atoms. The Labute approximate surface area is 133 Å². The fourth-order valence-corrected chi connectivity index (χ4v) is 4.43. The predicted molar refractivity (Wildman–Crippen MR) is 81.2 cm³/mol. The summed E-state index contributed by atoms with van der Waals surface area (Å²) in [5, 5.41) is 6.26. The predicted octanol–water partition coefficient (Wildman–Crippen LogP) is 2.54. The van der Waals surface area contributed by atoms with Crippen molar-refractivity contribution in [1.82, 2.24) is 14.9 Å². The molecule has 0 radical (unpaired) electrons. The third-order valence-corrected chi connectivity index (χ3v) is 5.22. The summed E-state index contributed by atoms with van der Waals surface area (Å²) in [6.07, 6.45) is 1.43. The van der Waals surface area contributed by atoms with Gasteiger partial charge in [-0.2, -0.15) is 5.10 Å². The second-order valence-corrected chi connectivity index (χ2v) is 7.27. The van der Waals surface area contributed by atoms with Gasteiger partial charge in [-0.3, -0.25) is 5.10 Å². The van der Waals surface area contributed by atoms with Gasteiger partial charge in [0.1, 0.15) is 10.7 Å². The Bertz CT molecular complexity index is 724. The molecular weight excluding hydrogens is 391 g/mol. The number of anilines is 1. The molecule has 0 spiro atoms. The second kappa shape index (κ2) is 5.90. The molecule has 1 aromatic carbocycles. The van der Waals surface area contributed by atoms with E-state index in [0.717, 1.165) is 0 Å². The number of H-pyrrole nitrogens is 1. The Morgan fingerprint density at radius 2 is 1.95 bits per heavy atom. The topological polar surface area (TPSA) is 101 Å². The van der Waals surface area contributed by atoms with Crippen LogP contribution in [-0.4, -0.2) is 18.6 Å². The fourth-order valence-electron chi connectivity index (χ4n) is 1.49. The molecular formula is C10H9BrCl2N4O2S. The average Bonchev–Trinajstić information content (AvgIpc) is 2.70. The number of nitrogens with zero attached hydrogens (tertiary/aromatic N) is 1. The van der Waals surface area contributed by atoms with Crippen LogP contribution in [0.3, 0.4) is 0 Å². The van der Waals surface area contributed by atoms with Crippen LogP contribution in [0, 0.1) is 0 Å². The van der Waals surface area contributed by atoms with E-state index in [2.05, 4.69) is 30.8 Å². The van der Waals surface area contributed by atoms with E-state index < -0.39 is 10.0 Å². The molecule has 10 heteroatoms. The summed E-state index contributed by atoms with van der Waals surface area (Å²) in [5.41, 5.74) is 6.10. The van der Waals surface area contributed by atoms with E-state index in [0.29, 0.717) is 15.9 Å². The van der Waals surface area contributed by atoms with Crippen molar-refractivity contribution in [3.63, 3.8) is 0 Å². The Hall–Kier alpha value is -0.800. The van der Waals surface area contributed by atoms with Crippen LogP contribution in [0.2, 0.25) is 10.0 Å². The molecule has 0 atom stereocenters. The molecule has 108 valence electrons. The number of sulfonamides is 1. The monoisotopic (exact) mass is 398 g/mol. The second-order valence-electron chi connectivity index (χ2n) is 3.83. The highest BCUT2D eigenvalue weighted by Gasteiger charge is 2.22. The lowest BCUT2D eigenvalue weighted by Gasteiger charge is -2.10. The lowest BCUT2D eigenvalue weighted by molar-refractivity contribution is 0.581. The lowest BCUT2D eigenvalue weighted by atomic mass is 10.3. The number of hydrogen-bond acceptors (Lipinski definition) is 4. The number of aromatic nitrogens is 2. The van der Waals surface area contributed by atoms with Crippen LogP contribution in [0.15, 0.2) is 27.7 Å². The van der Waals surface area contributed by atoms with Crippen molar-refractivity contribution in [1.29, 1.82) is 0 Å². The van der Waals surface area contributed by atoms with Gasteiger partial charge in [0.05, 0.1) is 16.2 Å². The first-order valence-corrected chi connectivity index (χ1v) is 8.26. The Morgan fingerprint density at radius 1 is 1.35 bits per heavy atom. The van der Waals surface area contributed by atoms with E-state index in [9.17, 15) is 8.42 Å². The van der Waals surface area contributed by atoms with E-state index in [1.165, 1.54) is 18.3 Å². The third-order valence-electron chi connectivity index (χ3n) is 2.44. The van der Waals surface area contributed by atoms with Crippen molar-refractivity contribution >= 4 is 55.0 Å². The van der Waals surface area contributed by atoms with Gasteiger partial charge in [0, 0.05) is 16.6 Å². The van der Waals surface area contributed by atoms with Gasteiger partial charge in [-0.25, -0.2) is 13.1 Å². The van der Waals surface area contributed by atoms with Gasteiger partial charge in [0.15, 0.2) is 0 Å². The number of hydrogen-bond donors (Lipinski definition) is 3. The largest absolute Gasteiger partial charge is 0.384 e. The molecule has 4 N–H and O–H groups in total. The maximum atomic E-state index is 12.2. The van der Waals surface area contributed by atoms with E-state index in [4.69, 9.17) is 28.9 Å². The quantitative estimate of drug-likeness (QED) is 0.735. The summed E-state index contributed by atoms with van der Waals surface area (Å²) in [7, 11) is -3.86. The molecule has 2 rings (SSSR count). The normalized spacial score (nSPS) is 11.8. The highest BCUT2D eigenvalue weighted by atomic mass is 79.9. The molecule has 0 fully saturated rings. The summed E-state index contributed by atoms with van der Waals surface area (Å²) in [5.74, 6) is 0.292. The van der Waals surface area contributed by atoms with Crippen molar-refractivity contribution in [2.75, 3.05) is 5.73 Å². The highest BCUT2D eigenvalue weighted by Crippen LogP contribution is 2.32. The van der Waals surface area contributed by atoms with Crippen LogP contribution in [0.5, 0.6) is 0 Å². The summed E-state index contributed by atoms with van der Waals surface area (Å²) in [6.45, 7) is -0.0204. The maximum Gasteiger partial charge on any atom is 0.243 e. The van der Waals surface area contributed by atoms with Crippen LogP contribution < -0.4 is 10.5 Å². The van der Waals surface area contributed by atoms with Crippen molar-refractivity contribution in [3.05, 3.63) is 38.4 Å². The molecule has 2 aromatic rings. The first kappa shape index (κ1) is 15.6. The molecule has 0 aliphatic carbocycles. The minimum Gasteiger partial charge on any atom is -0.384 e. The van der Waals surface area contributed by atoms with Gasteiger partial charge in [-0.1, -0.05) is 39.1 Å². The first-order valence-electron chi connectivity index (χ1n) is 5.23. The number of nitrogens with two attached hydrogens (primary N) is 1. The van der Waals surface area contributed by atoms with E-state index in [1.54, 1.807) is 0 Å². The minimum atomic E-state index is -3.86. The van der Waals surface area contributed by atoms with Crippen LogP contribution in [0.4, 0.5) is 5.82 Å². The van der Waals surface area contributed by atoms with E-state index in [-0.39, 0.29) is 21.5 Å². The molecule has 1 aromatic heterocycles. The number of aromatic amines is 1. The SMILES string of the molecule is Nc1[nH]ncc1CNS(=O)(=O)c1c(Cl)cc(Br)cc1Cl. The number of benzene rings is 1. The summed E-state index contributed by atoms with van der Waals surface area (Å²) in [6, 6.07) is 2.91. The van der Waals surface area contributed by atoms with E-state index in [1.807, 2.05) is 0 Å². The summed E-state index contributed by atoms with van der Waals surface area (Å²) in [4.78, 5) is -0.175. The molecule has 0 saturated heterocycles. The Kier molecular flexibility index (Phi) is 4.60. The van der Waals surface area contributed by atoms with E-state index >= 15 is 0 Å². The van der Waals surface area contributed by atoms with Gasteiger partial charge in [-0.15, -0.1) is 0 Å². The smallest absolute Gasteiger partial charge is 0.243 e. The van der Waals surface area contributed by atoms with Gasteiger partial charge in [0.2, 0.25) is 10.0 Å². The van der Waals surface area contributed by atoms with Crippen LogP contribution in [0.1, 0.15) is 5.56 Å². The summed E-state index contributed by atoms with van der Waals surface area (Å²) >= 11 is 15.0. The van der Waals surface area contributed by atoms with Crippen molar-refractivity contribution in [3.8, 4) is 0 Å². The molecule has 0 amide bonds. The highest BCUT2D eigenvalue weighted by molar-refractivity contribution is 9.10. The molecule has 20 heavy (non-hydrogen) atoms. The zero-order valence-electron chi connectivity index (χ0n) is 9.82. The molecule has 0 saturated carbocycles. The third kappa shape index (κ3) is 3.26. The number of rotatable bonds is 4. The zero-order chi connectivity index (χ0) is 14.9. The standard InChI is InChI=1S/C10H9BrCl2N4O2S/c11-6-1-7(12)9(8(13)2-6)20(18,19)16-4-5-3-15-17-10(5)14/h1-3,16H,4H2,(H3,14,15,17). The van der Waals surface area contributed by atoms with Crippen molar-refractivity contribution in [2.24, 2.45) is 0 Å². The fraction of sp³-hybridized carbons (Fsp3) is 0.100. The average molecular weight is 400 g/mol. The Morgan fingerprint density at radius 3 is 2.45 bits per heavy atom. The van der Waals surface area contributed by atoms with Gasteiger partial charge >= 0.3 is 0 Å². The number of halogens is 3. The minimum absolute atomic E-state index is 0.0204. The molecule has 0 aliphatic heterocycles. The molecule has 1 heterocycles. The van der Waals surface area contributed by atoms with Crippen LogP contribution in [-0.2, 0) is 16.6 Å². The Balaban J connectivity index is 2.30. The van der Waals surface area contributed by atoms with Crippen LogP contribution >= 0.6 is 39.1 Å². The lowest BCUT2D eigenvalue weighted by Crippen LogP contribution is -2.24. The van der Waals surface area contributed by atoms with Gasteiger partial charge < -0.3 is 5.73 Å². The van der Waals surface area contributed by atoms with Crippen LogP contribution in [0.25, 0.3) is 0 Å². The molecule has 0 aliphatic rings. The molecule has 6 nitrogen and oxygen atoms in total. The first-order chi connectivity index (χ1) is 9.31. The van der Waals surface area contributed by atoms with Crippen molar-refractivity contribution < 1.29 is 8.42 Å².